The summed E-state index contributed by atoms with van der Waals surface area (Å²) in [5.41, 5.74) is 0.753. The lowest BCUT2D eigenvalue weighted by Gasteiger charge is -2.20. The third-order valence-corrected chi connectivity index (χ3v) is 5.57. The molecule has 0 unspecified atom stereocenters. The predicted octanol–water partition coefficient (Wildman–Crippen LogP) is 7.04. The van der Waals surface area contributed by atoms with Gasteiger partial charge in [-0.15, -0.1) is 0 Å². The molecule has 2 amide bonds. The molecule has 0 aromatic heterocycles. The molecule has 4 nitrogen and oxygen atoms in total. The van der Waals surface area contributed by atoms with Crippen molar-refractivity contribution in [2.75, 3.05) is 5.32 Å². The third kappa shape index (κ3) is 14.1. The molecular formula is C25H44N2O2. The number of carbonyl (C=O) groups excluding carboxylic acids is 1. The molecule has 29 heavy (non-hydrogen) atoms. The van der Waals surface area contributed by atoms with Gasteiger partial charge in [-0.2, -0.15) is 0 Å². The molecule has 0 saturated heterocycles. The van der Waals surface area contributed by atoms with Gasteiger partial charge in [-0.05, 0) is 25.5 Å². The Hall–Kier alpha value is -1.55. The fourth-order valence-electron chi connectivity index (χ4n) is 3.61. The van der Waals surface area contributed by atoms with Gasteiger partial charge >= 0.3 is 6.03 Å². The van der Waals surface area contributed by atoms with E-state index in [1.807, 2.05) is 37.3 Å². The molecule has 0 aliphatic carbocycles. The molecule has 4 heteroatoms. The van der Waals surface area contributed by atoms with Gasteiger partial charge in [-0.25, -0.2) is 4.79 Å². The summed E-state index contributed by atoms with van der Waals surface area (Å²) in [7, 11) is 0. The summed E-state index contributed by atoms with van der Waals surface area (Å²) < 4.78 is 0. The van der Waals surface area contributed by atoms with Crippen LogP contribution in [0.2, 0.25) is 0 Å². The number of aliphatic hydroxyl groups excluding tert-OH is 1. The van der Waals surface area contributed by atoms with E-state index in [-0.39, 0.29) is 12.1 Å². The Morgan fingerprint density at radius 2 is 1.31 bits per heavy atom. The van der Waals surface area contributed by atoms with Crippen LogP contribution >= 0.6 is 0 Å². The third-order valence-electron chi connectivity index (χ3n) is 5.57. The Morgan fingerprint density at radius 3 is 1.83 bits per heavy atom. The first-order valence-corrected chi connectivity index (χ1v) is 11.9. The number of urea groups is 1. The zero-order chi connectivity index (χ0) is 21.2. The number of carbonyl (C=O) groups is 1. The molecule has 2 atom stereocenters. The Bertz CT molecular complexity index is 507. The molecule has 1 rings (SSSR count). The van der Waals surface area contributed by atoms with Gasteiger partial charge in [0.05, 0.1) is 12.1 Å². The normalized spacial score (nSPS) is 13.1. The van der Waals surface area contributed by atoms with Crippen molar-refractivity contribution in [3.05, 3.63) is 30.3 Å². The lowest BCUT2D eigenvalue weighted by atomic mass is 10.0. The first-order chi connectivity index (χ1) is 14.1. The summed E-state index contributed by atoms with van der Waals surface area (Å²) in [4.78, 5) is 12.0. The molecule has 0 fully saturated rings. The second-order valence-corrected chi connectivity index (χ2v) is 8.35. The highest BCUT2D eigenvalue weighted by Crippen LogP contribution is 2.14. The fraction of sp³-hybridized carbons (Fsp3) is 0.720. The molecule has 1 aromatic rings. The van der Waals surface area contributed by atoms with Crippen LogP contribution in [0.1, 0.15) is 104 Å². The maximum atomic E-state index is 12.0. The SMILES string of the molecule is CCCCCCCCCCCCCCC[C@@H](O)[C@H](C)NC(=O)Nc1ccccc1. The first kappa shape index (κ1) is 25.5. The van der Waals surface area contributed by atoms with E-state index in [0.29, 0.717) is 0 Å². The lowest BCUT2D eigenvalue weighted by molar-refractivity contribution is 0.125. The van der Waals surface area contributed by atoms with E-state index in [9.17, 15) is 9.90 Å². The van der Waals surface area contributed by atoms with Crippen LogP contribution in [0.3, 0.4) is 0 Å². The second kappa shape index (κ2) is 17.3. The number of para-hydroxylation sites is 1. The zero-order valence-corrected chi connectivity index (χ0v) is 18.8. The van der Waals surface area contributed by atoms with E-state index in [0.717, 1.165) is 24.9 Å². The highest BCUT2D eigenvalue weighted by Gasteiger charge is 2.16. The summed E-state index contributed by atoms with van der Waals surface area (Å²) >= 11 is 0. The maximum absolute atomic E-state index is 12.0. The number of unbranched alkanes of at least 4 members (excludes halogenated alkanes) is 12. The standard InChI is InChI=1S/C25H44N2O2/c1-3-4-5-6-7-8-9-10-11-12-13-14-18-21-24(28)22(2)26-25(29)27-23-19-16-15-17-20-23/h15-17,19-20,22,24,28H,3-14,18,21H2,1-2H3,(H2,26,27,29)/t22-,24+/m0/s1. The zero-order valence-electron chi connectivity index (χ0n) is 18.8. The van der Waals surface area contributed by atoms with Crippen molar-refractivity contribution in [3.63, 3.8) is 0 Å². The van der Waals surface area contributed by atoms with Crippen molar-refractivity contribution in [2.45, 2.75) is 116 Å². The van der Waals surface area contributed by atoms with Crippen LogP contribution in [0.15, 0.2) is 30.3 Å². The molecule has 0 aliphatic heterocycles. The summed E-state index contributed by atoms with van der Waals surface area (Å²) in [6.45, 7) is 4.13. The summed E-state index contributed by atoms with van der Waals surface area (Å²) in [5.74, 6) is 0. The molecule has 0 spiro atoms. The van der Waals surface area contributed by atoms with Crippen molar-refractivity contribution < 1.29 is 9.90 Å². The molecule has 0 saturated carbocycles. The van der Waals surface area contributed by atoms with E-state index < -0.39 is 6.10 Å². The second-order valence-electron chi connectivity index (χ2n) is 8.35. The number of amides is 2. The van der Waals surface area contributed by atoms with Crippen LogP contribution in [0.25, 0.3) is 0 Å². The van der Waals surface area contributed by atoms with E-state index in [2.05, 4.69) is 17.6 Å². The van der Waals surface area contributed by atoms with Crippen LogP contribution in [0.5, 0.6) is 0 Å². The van der Waals surface area contributed by atoms with Gasteiger partial charge in [0.15, 0.2) is 0 Å². The number of benzene rings is 1. The van der Waals surface area contributed by atoms with E-state index in [1.54, 1.807) is 0 Å². The van der Waals surface area contributed by atoms with Crippen molar-refractivity contribution in [2.24, 2.45) is 0 Å². The van der Waals surface area contributed by atoms with Crippen LogP contribution in [-0.2, 0) is 0 Å². The summed E-state index contributed by atoms with van der Waals surface area (Å²) in [5, 5.41) is 15.9. The maximum Gasteiger partial charge on any atom is 0.319 e. The number of nitrogens with one attached hydrogen (secondary N) is 2. The van der Waals surface area contributed by atoms with Gasteiger partial charge in [0.1, 0.15) is 0 Å². The minimum Gasteiger partial charge on any atom is -0.391 e. The largest absolute Gasteiger partial charge is 0.391 e. The molecule has 1 aromatic carbocycles. The van der Waals surface area contributed by atoms with Crippen LogP contribution in [0, 0.1) is 0 Å². The van der Waals surface area contributed by atoms with Crippen LogP contribution in [-0.4, -0.2) is 23.3 Å². The summed E-state index contributed by atoms with van der Waals surface area (Å²) in [6, 6.07) is 8.82. The number of rotatable bonds is 17. The number of hydrogen-bond acceptors (Lipinski definition) is 2. The molecule has 0 heterocycles. The molecule has 0 radical (unpaired) electrons. The van der Waals surface area contributed by atoms with Crippen LogP contribution in [0.4, 0.5) is 10.5 Å². The first-order valence-electron chi connectivity index (χ1n) is 11.9. The van der Waals surface area contributed by atoms with Gasteiger partial charge in [0, 0.05) is 5.69 Å². The average Bonchev–Trinajstić information content (AvgIpc) is 2.71. The lowest BCUT2D eigenvalue weighted by Crippen LogP contribution is -2.43. The topological polar surface area (TPSA) is 61.4 Å². The fourth-order valence-corrected chi connectivity index (χ4v) is 3.61. The molecule has 0 bridgehead atoms. The minimum atomic E-state index is -0.496. The average molecular weight is 405 g/mol. The Labute approximate surface area is 178 Å². The van der Waals surface area contributed by atoms with Gasteiger partial charge in [0.2, 0.25) is 0 Å². The molecule has 166 valence electrons. The van der Waals surface area contributed by atoms with Crippen molar-refractivity contribution >= 4 is 11.7 Å². The van der Waals surface area contributed by atoms with Gasteiger partial charge in [-0.3, -0.25) is 0 Å². The van der Waals surface area contributed by atoms with Crippen molar-refractivity contribution in [1.29, 1.82) is 0 Å². The minimum absolute atomic E-state index is 0.254. The highest BCUT2D eigenvalue weighted by atomic mass is 16.3. The Balaban J connectivity index is 1.94. The van der Waals surface area contributed by atoms with Gasteiger partial charge in [0.25, 0.3) is 0 Å². The quantitative estimate of drug-likeness (QED) is 0.244. The number of hydrogen-bond donors (Lipinski definition) is 3. The van der Waals surface area contributed by atoms with E-state index >= 15 is 0 Å². The smallest absolute Gasteiger partial charge is 0.319 e. The Kier molecular flexibility index (Phi) is 15.2. The van der Waals surface area contributed by atoms with Gasteiger partial charge < -0.3 is 15.7 Å². The summed E-state index contributed by atoms with van der Waals surface area (Å²) in [6.07, 6.45) is 17.4. The van der Waals surface area contributed by atoms with Crippen LogP contribution < -0.4 is 10.6 Å². The monoisotopic (exact) mass is 404 g/mol. The Morgan fingerprint density at radius 1 is 0.828 bits per heavy atom. The highest BCUT2D eigenvalue weighted by molar-refractivity contribution is 5.89. The number of aliphatic hydroxyl groups is 1. The number of anilines is 1. The molecule has 0 aliphatic rings. The van der Waals surface area contributed by atoms with E-state index in [4.69, 9.17) is 0 Å². The van der Waals surface area contributed by atoms with E-state index in [1.165, 1.54) is 70.6 Å². The van der Waals surface area contributed by atoms with Crippen molar-refractivity contribution in [1.82, 2.24) is 5.32 Å². The predicted molar refractivity (Wildman–Crippen MR) is 124 cm³/mol. The molecular weight excluding hydrogens is 360 g/mol. The van der Waals surface area contributed by atoms with Crippen molar-refractivity contribution in [3.8, 4) is 0 Å². The molecule has 3 N–H and O–H groups in total. The van der Waals surface area contributed by atoms with Gasteiger partial charge in [-0.1, -0.05) is 109 Å².